The number of likely N-dealkylation sites (N-methyl/N-ethyl adjacent to an activating group) is 1. The molecule has 0 saturated carbocycles. The Balaban J connectivity index is 1.97. The number of rotatable bonds is 7. The molecule has 0 unspecified atom stereocenters. The molecule has 0 radical (unpaired) electrons. The number of aromatic hydroxyl groups is 2. The van der Waals surface area contributed by atoms with Gasteiger partial charge in [-0.15, -0.1) is 0 Å². The number of hydrogen-bond acceptors (Lipinski definition) is 4. The summed E-state index contributed by atoms with van der Waals surface area (Å²) in [5.74, 6) is 0.718. The minimum absolute atomic E-state index is 0.0392. The van der Waals surface area contributed by atoms with Crippen LogP contribution in [0.5, 0.6) is 11.5 Å². The van der Waals surface area contributed by atoms with Crippen LogP contribution in [0.1, 0.15) is 61.6 Å². The minimum atomic E-state index is -0.0415. The van der Waals surface area contributed by atoms with Crippen molar-refractivity contribution in [2.24, 2.45) is 5.73 Å². The highest BCUT2D eigenvalue weighted by Gasteiger charge is 2.37. The average Bonchev–Trinajstić information content (AvgIpc) is 3.07. The number of nitrogens with two attached hydrogens (primary N) is 1. The van der Waals surface area contributed by atoms with Crippen molar-refractivity contribution in [1.29, 1.82) is 0 Å². The molecule has 8 heteroatoms. The number of phenolic OH excluding ortho intramolecular Hbond substituents is 2. The highest BCUT2D eigenvalue weighted by molar-refractivity contribution is 6.58. The van der Waals surface area contributed by atoms with Crippen molar-refractivity contribution in [2.75, 3.05) is 20.1 Å². The van der Waals surface area contributed by atoms with Crippen molar-refractivity contribution < 1.29 is 10.2 Å². The first-order chi connectivity index (χ1) is 14.5. The number of hydrogen-bond donors (Lipinski definition) is 3. The molecule has 4 N–H and O–H groups in total. The lowest BCUT2D eigenvalue weighted by molar-refractivity contribution is 0.144. The number of fused-ring (bicyclic) bond motifs is 1. The Kier molecular flexibility index (Phi) is 7.10. The molecule has 0 fully saturated rings. The fraction of sp³-hybridized carbons (Fsp3) is 0.478. The average molecular weight is 438 g/mol. The summed E-state index contributed by atoms with van der Waals surface area (Å²) in [6.07, 6.45) is 2.89. The van der Waals surface area contributed by atoms with Crippen molar-refractivity contribution in [3.63, 3.8) is 0 Å². The van der Waals surface area contributed by atoms with E-state index in [4.69, 9.17) is 17.3 Å². The normalized spacial score (nSPS) is 18.5. The summed E-state index contributed by atoms with van der Waals surface area (Å²) in [6, 6.07) is 6.05. The molecule has 0 saturated heterocycles. The number of halogens is 1. The predicted molar refractivity (Wildman–Crippen MR) is 140 cm³/mol. The minimum Gasteiger partial charge on any atom is -0.508 e. The summed E-state index contributed by atoms with van der Waals surface area (Å²) in [4.78, 5) is 2.32. The van der Waals surface area contributed by atoms with Gasteiger partial charge in [-0.25, -0.2) is 0 Å². The third-order valence-corrected chi connectivity index (χ3v) is 7.92. The van der Waals surface area contributed by atoms with Gasteiger partial charge in [0.2, 0.25) is 0 Å². The fourth-order valence-corrected chi connectivity index (χ4v) is 5.18. The van der Waals surface area contributed by atoms with Crippen LogP contribution in [0.4, 0.5) is 0 Å². The van der Waals surface area contributed by atoms with Gasteiger partial charge in [0, 0.05) is 35.1 Å². The van der Waals surface area contributed by atoms with Crippen LogP contribution in [0, 0.1) is 0 Å². The summed E-state index contributed by atoms with van der Waals surface area (Å²) in [6.45, 7) is 6.04. The lowest BCUT2D eigenvalue weighted by atomic mass is 9.68. The molecule has 0 spiro atoms. The van der Waals surface area contributed by atoms with Gasteiger partial charge in [0.25, 0.3) is 0 Å². The van der Waals surface area contributed by atoms with Crippen LogP contribution in [0.2, 0.25) is 5.02 Å². The predicted octanol–water partition coefficient (Wildman–Crippen LogP) is -0.405. The Labute approximate surface area is 194 Å². The number of nitrogens with zero attached hydrogens (tertiary/aromatic N) is 1. The Bertz CT molecular complexity index is 955. The maximum atomic E-state index is 11.0. The van der Waals surface area contributed by atoms with Gasteiger partial charge >= 0.3 is 0 Å². The second kappa shape index (κ2) is 9.13. The highest BCUT2D eigenvalue weighted by Crippen LogP contribution is 2.51. The van der Waals surface area contributed by atoms with E-state index in [0.717, 1.165) is 52.8 Å². The maximum absolute atomic E-state index is 11.0. The molecule has 1 aliphatic carbocycles. The van der Waals surface area contributed by atoms with Crippen molar-refractivity contribution >= 4 is 51.5 Å². The highest BCUT2D eigenvalue weighted by atomic mass is 35.5. The van der Waals surface area contributed by atoms with E-state index in [1.165, 1.54) is 5.56 Å². The number of benzene rings is 2. The molecule has 2 aromatic rings. The largest absolute Gasteiger partial charge is 0.508 e. The lowest BCUT2D eigenvalue weighted by Gasteiger charge is -2.36. The second-order valence-corrected chi connectivity index (χ2v) is 10.2. The van der Waals surface area contributed by atoms with Gasteiger partial charge in [-0.1, -0.05) is 34.1 Å². The first-order valence-electron chi connectivity index (χ1n) is 11.2. The zero-order chi connectivity index (χ0) is 23.1. The standard InChI is InChI=1S/C23H34B3ClN2O2/c1-23(2,29(3)9-8-28)7-6-12-10-16(14-5-4-13(27)11-15(12)14)17-21(30)19(25)18(24)20(26)22(17)31/h4-5,11-12,16,30-31H,6-10,24-26,28H2,1-3H3/t12-,16-/m1/s1. The molecule has 3 rings (SSSR count). The van der Waals surface area contributed by atoms with Gasteiger partial charge in [0.15, 0.2) is 0 Å². The van der Waals surface area contributed by atoms with Gasteiger partial charge in [-0.3, -0.25) is 4.90 Å². The van der Waals surface area contributed by atoms with E-state index < -0.39 is 0 Å². The molecule has 31 heavy (non-hydrogen) atoms. The summed E-state index contributed by atoms with van der Waals surface area (Å²) in [5.41, 5.74) is 11.5. The van der Waals surface area contributed by atoms with E-state index >= 15 is 0 Å². The van der Waals surface area contributed by atoms with Crippen molar-refractivity contribution in [3.05, 3.63) is 39.9 Å². The molecular weight excluding hydrogens is 404 g/mol. The van der Waals surface area contributed by atoms with E-state index in [-0.39, 0.29) is 23.0 Å². The van der Waals surface area contributed by atoms with Crippen LogP contribution in [0.15, 0.2) is 18.2 Å². The van der Waals surface area contributed by atoms with E-state index in [1.807, 2.05) is 29.6 Å². The number of phenols is 2. The van der Waals surface area contributed by atoms with Gasteiger partial charge in [-0.2, -0.15) is 0 Å². The molecule has 0 heterocycles. The Hall–Kier alpha value is -1.56. The van der Waals surface area contributed by atoms with E-state index in [9.17, 15) is 10.2 Å². The van der Waals surface area contributed by atoms with E-state index in [1.54, 1.807) is 0 Å². The molecule has 2 aromatic carbocycles. The van der Waals surface area contributed by atoms with Crippen LogP contribution in [0.3, 0.4) is 0 Å². The molecule has 0 bridgehead atoms. The van der Waals surface area contributed by atoms with Crippen LogP contribution < -0.4 is 22.1 Å². The molecular formula is C23H34B3ClN2O2. The topological polar surface area (TPSA) is 69.7 Å². The third-order valence-electron chi connectivity index (χ3n) is 7.68. The van der Waals surface area contributed by atoms with Crippen molar-refractivity contribution in [1.82, 2.24) is 4.90 Å². The monoisotopic (exact) mass is 438 g/mol. The molecule has 1 aliphatic rings. The van der Waals surface area contributed by atoms with Crippen LogP contribution in [-0.2, 0) is 0 Å². The first-order valence-corrected chi connectivity index (χ1v) is 11.6. The zero-order valence-electron chi connectivity index (χ0n) is 19.7. The molecule has 0 aromatic heterocycles. The maximum Gasteiger partial charge on any atom is 0.143 e. The lowest BCUT2D eigenvalue weighted by Crippen LogP contribution is -2.43. The smallest absolute Gasteiger partial charge is 0.143 e. The SMILES string of the molecule is Bc1c(B)c(O)c([C@@H]2C[C@@H](CCC(C)(C)N(C)CCN)c3cc(Cl)ccc32)c(O)c1B. The van der Waals surface area contributed by atoms with Crippen molar-refractivity contribution in [3.8, 4) is 11.5 Å². The summed E-state index contributed by atoms with van der Waals surface area (Å²) in [7, 11) is 7.92. The van der Waals surface area contributed by atoms with Crippen LogP contribution in [-0.4, -0.2) is 64.3 Å². The fourth-order valence-electron chi connectivity index (χ4n) is 5.00. The van der Waals surface area contributed by atoms with E-state index in [0.29, 0.717) is 18.0 Å². The van der Waals surface area contributed by atoms with Gasteiger partial charge in [0.1, 0.15) is 35.0 Å². The quantitative estimate of drug-likeness (QED) is 0.515. The molecule has 2 atom stereocenters. The molecule has 4 nitrogen and oxygen atoms in total. The summed E-state index contributed by atoms with van der Waals surface area (Å²) >= 11 is 6.38. The molecule has 0 aliphatic heterocycles. The zero-order valence-corrected chi connectivity index (χ0v) is 20.5. The Morgan fingerprint density at radius 2 is 1.71 bits per heavy atom. The molecule has 164 valence electrons. The first kappa shape index (κ1) is 24.1. The van der Waals surface area contributed by atoms with Crippen LogP contribution in [0.25, 0.3) is 0 Å². The van der Waals surface area contributed by atoms with E-state index in [2.05, 4.69) is 37.9 Å². The third kappa shape index (κ3) is 4.51. The second-order valence-electron chi connectivity index (χ2n) is 9.81. The van der Waals surface area contributed by atoms with Gasteiger partial charge in [-0.05, 0) is 69.3 Å². The Morgan fingerprint density at radius 3 is 2.29 bits per heavy atom. The van der Waals surface area contributed by atoms with Gasteiger partial charge in [0.05, 0.1) is 0 Å². The van der Waals surface area contributed by atoms with Gasteiger partial charge < -0.3 is 15.9 Å². The van der Waals surface area contributed by atoms with Crippen LogP contribution >= 0.6 is 11.6 Å². The summed E-state index contributed by atoms with van der Waals surface area (Å²) in [5, 5.41) is 22.7. The Morgan fingerprint density at radius 1 is 1.10 bits per heavy atom. The molecule has 0 amide bonds. The van der Waals surface area contributed by atoms with Crippen molar-refractivity contribution in [2.45, 2.75) is 50.5 Å². The summed E-state index contributed by atoms with van der Waals surface area (Å²) < 4.78 is 0.